The first-order valence-corrected chi connectivity index (χ1v) is 8.95. The number of aromatic nitrogens is 2. The molecule has 2 aromatic heterocycles. The second kappa shape index (κ2) is 7.01. The van der Waals surface area contributed by atoms with Crippen LogP contribution in [0.5, 0.6) is 5.75 Å². The molecule has 1 aromatic carbocycles. The van der Waals surface area contributed by atoms with E-state index in [4.69, 9.17) is 0 Å². The van der Waals surface area contributed by atoms with E-state index < -0.39 is 0 Å². The Hall–Kier alpha value is -2.40. The molecule has 3 rings (SSSR count). The molecule has 0 spiro atoms. The Morgan fingerprint density at radius 2 is 2.00 bits per heavy atom. The minimum Gasteiger partial charge on any atom is -0.507 e. The van der Waals surface area contributed by atoms with Gasteiger partial charge in [-0.2, -0.15) is 0 Å². The third-order valence-corrected chi connectivity index (χ3v) is 4.88. The molecule has 0 atom stereocenters. The number of hydrogen-bond acceptors (Lipinski definition) is 4. The van der Waals surface area contributed by atoms with Crippen LogP contribution in [0.4, 0.5) is 0 Å². The number of pyridine rings is 1. The summed E-state index contributed by atoms with van der Waals surface area (Å²) in [6.45, 7) is 3.93. The normalized spacial score (nSPS) is 10.9. The van der Waals surface area contributed by atoms with Gasteiger partial charge in [-0.15, -0.1) is 11.3 Å². The van der Waals surface area contributed by atoms with E-state index in [0.717, 1.165) is 18.4 Å². The van der Waals surface area contributed by atoms with Crippen LogP contribution >= 0.6 is 11.3 Å². The summed E-state index contributed by atoms with van der Waals surface area (Å²) in [5.41, 5.74) is 2.60. The molecule has 0 amide bonds. The zero-order valence-corrected chi connectivity index (χ0v) is 14.6. The lowest BCUT2D eigenvalue weighted by atomic mass is 10.0. The molecule has 0 fully saturated rings. The van der Waals surface area contributed by atoms with Crippen LogP contribution in [0.1, 0.15) is 30.9 Å². The van der Waals surface area contributed by atoms with Crippen LogP contribution in [0.25, 0.3) is 16.4 Å². The van der Waals surface area contributed by atoms with Gasteiger partial charge in [-0.05, 0) is 25.3 Å². The Morgan fingerprint density at radius 1 is 1.25 bits per heavy atom. The number of nitrogens with zero attached hydrogens (tertiary/aromatic N) is 2. The van der Waals surface area contributed by atoms with Gasteiger partial charge in [0.2, 0.25) is 0 Å². The molecule has 0 unspecified atom stereocenters. The second-order valence-electron chi connectivity index (χ2n) is 5.73. The minimum absolute atomic E-state index is 0.111. The quantitative estimate of drug-likeness (QED) is 0.752. The molecule has 0 aliphatic carbocycles. The first-order valence-electron chi connectivity index (χ1n) is 8.07. The number of benzene rings is 1. The van der Waals surface area contributed by atoms with E-state index in [-0.39, 0.29) is 11.3 Å². The van der Waals surface area contributed by atoms with Crippen molar-refractivity contribution in [3.63, 3.8) is 0 Å². The van der Waals surface area contributed by atoms with Gasteiger partial charge < -0.3 is 5.11 Å². The summed E-state index contributed by atoms with van der Waals surface area (Å²) in [6, 6.07) is 9.66. The van der Waals surface area contributed by atoms with Crippen molar-refractivity contribution >= 4 is 11.3 Å². The fourth-order valence-corrected chi connectivity index (χ4v) is 3.52. The third-order valence-electron chi connectivity index (χ3n) is 4.12. The lowest BCUT2D eigenvalue weighted by molar-refractivity contribution is 0.459. The molecule has 0 saturated carbocycles. The molecule has 3 aromatic rings. The molecule has 0 radical (unpaired) electrons. The Morgan fingerprint density at radius 3 is 2.62 bits per heavy atom. The van der Waals surface area contributed by atoms with Crippen LogP contribution in [0.3, 0.4) is 0 Å². The third kappa shape index (κ3) is 2.87. The predicted octanol–water partition coefficient (Wildman–Crippen LogP) is 4.32. The van der Waals surface area contributed by atoms with Crippen molar-refractivity contribution in [2.24, 2.45) is 0 Å². The predicted molar refractivity (Wildman–Crippen MR) is 98.2 cm³/mol. The van der Waals surface area contributed by atoms with Gasteiger partial charge in [0.05, 0.1) is 11.3 Å². The van der Waals surface area contributed by atoms with Gasteiger partial charge in [-0.3, -0.25) is 9.36 Å². The molecular formula is C19H20N2O2S. The summed E-state index contributed by atoms with van der Waals surface area (Å²) in [4.78, 5) is 17.4. The van der Waals surface area contributed by atoms with Gasteiger partial charge in [-0.1, -0.05) is 43.7 Å². The molecule has 5 heteroatoms. The summed E-state index contributed by atoms with van der Waals surface area (Å²) < 4.78 is 1.64. The van der Waals surface area contributed by atoms with E-state index >= 15 is 0 Å². The Bertz CT molecular complexity index is 884. The molecule has 4 nitrogen and oxygen atoms in total. The SMILES string of the molecule is CCCCc1c(O)c(C)c(-c2ccccc2)n(-c2nccs2)c1=O. The number of thiazole rings is 1. The molecule has 1 N–H and O–H groups in total. The lowest BCUT2D eigenvalue weighted by Gasteiger charge is -2.18. The maximum absolute atomic E-state index is 13.1. The zero-order chi connectivity index (χ0) is 17.1. The van der Waals surface area contributed by atoms with Crippen LogP contribution in [0.2, 0.25) is 0 Å². The second-order valence-corrected chi connectivity index (χ2v) is 6.60. The van der Waals surface area contributed by atoms with Crippen molar-refractivity contribution < 1.29 is 5.11 Å². The molecule has 124 valence electrons. The van der Waals surface area contributed by atoms with E-state index in [0.29, 0.717) is 28.4 Å². The molecule has 0 aliphatic rings. The first-order chi connectivity index (χ1) is 11.6. The highest BCUT2D eigenvalue weighted by atomic mass is 32.1. The molecule has 0 bridgehead atoms. The largest absolute Gasteiger partial charge is 0.507 e. The van der Waals surface area contributed by atoms with Crippen LogP contribution in [-0.2, 0) is 6.42 Å². The van der Waals surface area contributed by atoms with Crippen molar-refractivity contribution in [3.8, 4) is 22.1 Å². The van der Waals surface area contributed by atoms with Crippen LogP contribution in [0, 0.1) is 6.92 Å². The molecular weight excluding hydrogens is 320 g/mol. The number of rotatable bonds is 5. The van der Waals surface area contributed by atoms with Gasteiger partial charge >= 0.3 is 0 Å². The smallest absolute Gasteiger partial charge is 0.264 e. The Kier molecular flexibility index (Phi) is 4.81. The van der Waals surface area contributed by atoms with E-state index in [2.05, 4.69) is 11.9 Å². The summed E-state index contributed by atoms with van der Waals surface area (Å²) in [5, 5.41) is 13.1. The van der Waals surface area contributed by atoms with E-state index in [1.54, 1.807) is 10.8 Å². The van der Waals surface area contributed by atoms with Gasteiger partial charge in [0.15, 0.2) is 5.13 Å². The molecule has 0 saturated heterocycles. The van der Waals surface area contributed by atoms with E-state index in [9.17, 15) is 9.90 Å². The summed E-state index contributed by atoms with van der Waals surface area (Å²) in [5.74, 6) is 0.111. The maximum Gasteiger partial charge on any atom is 0.264 e. The molecule has 2 heterocycles. The Balaban J connectivity index is 2.35. The van der Waals surface area contributed by atoms with Crippen molar-refractivity contribution in [2.45, 2.75) is 33.1 Å². The van der Waals surface area contributed by atoms with Gasteiger partial charge in [0.1, 0.15) is 5.75 Å². The van der Waals surface area contributed by atoms with E-state index in [1.165, 1.54) is 11.3 Å². The first kappa shape index (κ1) is 16.5. The van der Waals surface area contributed by atoms with Crippen LogP contribution in [0.15, 0.2) is 46.7 Å². The zero-order valence-electron chi connectivity index (χ0n) is 13.8. The van der Waals surface area contributed by atoms with Crippen molar-refractivity contribution in [1.82, 2.24) is 9.55 Å². The minimum atomic E-state index is -0.180. The highest BCUT2D eigenvalue weighted by Crippen LogP contribution is 2.33. The molecule has 0 aliphatic heterocycles. The topological polar surface area (TPSA) is 55.1 Å². The van der Waals surface area contributed by atoms with Gasteiger partial charge in [-0.25, -0.2) is 4.98 Å². The average Bonchev–Trinajstić information content (AvgIpc) is 3.13. The maximum atomic E-state index is 13.1. The number of aromatic hydroxyl groups is 1. The fourth-order valence-electron chi connectivity index (χ4n) is 2.87. The monoisotopic (exact) mass is 340 g/mol. The lowest BCUT2D eigenvalue weighted by Crippen LogP contribution is -2.25. The summed E-state index contributed by atoms with van der Waals surface area (Å²) in [7, 11) is 0. The van der Waals surface area contributed by atoms with Gasteiger partial charge in [0.25, 0.3) is 5.56 Å². The average molecular weight is 340 g/mol. The fraction of sp³-hybridized carbons (Fsp3) is 0.263. The number of hydrogen-bond donors (Lipinski definition) is 1. The van der Waals surface area contributed by atoms with Crippen molar-refractivity contribution in [3.05, 3.63) is 63.4 Å². The van der Waals surface area contributed by atoms with Crippen molar-refractivity contribution in [2.75, 3.05) is 0 Å². The molecule has 24 heavy (non-hydrogen) atoms. The van der Waals surface area contributed by atoms with Gasteiger partial charge in [0, 0.05) is 17.1 Å². The number of unbranched alkanes of at least 4 members (excludes halogenated alkanes) is 1. The van der Waals surface area contributed by atoms with Crippen LogP contribution < -0.4 is 5.56 Å². The van der Waals surface area contributed by atoms with Crippen LogP contribution in [-0.4, -0.2) is 14.7 Å². The standard InChI is InChI=1S/C19H20N2O2S/c1-3-4-10-15-17(22)13(2)16(14-8-6-5-7-9-14)21(18(15)23)19-20-11-12-24-19/h5-9,11-12,22H,3-4,10H2,1-2H3. The van der Waals surface area contributed by atoms with Crippen molar-refractivity contribution in [1.29, 1.82) is 0 Å². The van der Waals surface area contributed by atoms with E-state index in [1.807, 2.05) is 42.6 Å². The Labute approximate surface area is 145 Å². The highest BCUT2D eigenvalue weighted by molar-refractivity contribution is 7.12. The summed E-state index contributed by atoms with van der Waals surface area (Å²) >= 11 is 1.42. The summed E-state index contributed by atoms with van der Waals surface area (Å²) in [6.07, 6.45) is 4.10. The highest BCUT2D eigenvalue weighted by Gasteiger charge is 2.21.